The Kier molecular flexibility index (Phi) is 17.5. The van der Waals surface area contributed by atoms with Crippen LogP contribution in [0.1, 0.15) is 63.7 Å². The van der Waals surface area contributed by atoms with Crippen LogP contribution in [0.15, 0.2) is 194 Å². The van der Waals surface area contributed by atoms with Crippen LogP contribution in [-0.2, 0) is 44.9 Å². The second-order valence-corrected chi connectivity index (χ2v) is 24.2. The molecule has 0 aliphatic carbocycles. The summed E-state index contributed by atoms with van der Waals surface area (Å²) in [6.45, 7) is 0. The van der Waals surface area contributed by atoms with Crippen molar-refractivity contribution in [3.05, 3.63) is 239 Å². The zero-order valence-corrected chi connectivity index (χ0v) is 52.4. The van der Waals surface area contributed by atoms with Gasteiger partial charge in [0.25, 0.3) is 23.6 Å². The van der Waals surface area contributed by atoms with Crippen molar-refractivity contribution in [1.82, 2.24) is 41.2 Å². The molecule has 2 aliphatic heterocycles. The number of aromatic hydroxyl groups is 4. The lowest BCUT2D eigenvalue weighted by molar-refractivity contribution is -0.140. The predicted molar refractivity (Wildman–Crippen MR) is 368 cm³/mol. The largest absolute Gasteiger partial charge is 0.508 e. The fourth-order valence-corrected chi connectivity index (χ4v) is 12.3. The number of fused-ring (bicyclic) bond motifs is 20. The lowest BCUT2D eigenvalue weighted by atomic mass is 9.99. The van der Waals surface area contributed by atoms with Crippen molar-refractivity contribution in [2.75, 3.05) is 0 Å². The van der Waals surface area contributed by atoms with Crippen molar-refractivity contribution in [2.24, 2.45) is 0 Å². The van der Waals surface area contributed by atoms with Gasteiger partial charge in [-0.05, 0) is 144 Å². The third-order valence-electron chi connectivity index (χ3n) is 17.5. The Bertz CT molecular complexity index is 5050. The lowest BCUT2D eigenvalue weighted by Gasteiger charge is -2.15. The number of nitrogens with one attached hydrogen (secondary N) is 6. The predicted octanol–water partition coefficient (Wildman–Crippen LogP) is 9.81. The Balaban J connectivity index is 0.995. The minimum atomic E-state index is -1.40. The molecule has 0 saturated heterocycles. The van der Waals surface area contributed by atoms with Gasteiger partial charge in [0.15, 0.2) is 0 Å². The van der Waals surface area contributed by atoms with E-state index in [0.717, 1.165) is 0 Å². The molecule has 24 nitrogen and oxygen atoms in total. The summed E-state index contributed by atoms with van der Waals surface area (Å²) < 4.78 is 0. The molecule has 14 N–H and O–H groups in total. The average Bonchev–Trinajstić information content (AvgIpc) is 1.60. The van der Waals surface area contributed by atoms with E-state index in [2.05, 4.69) is 31.2 Å². The van der Waals surface area contributed by atoms with Gasteiger partial charge in [0.05, 0.1) is 22.8 Å². The molecule has 0 spiro atoms. The minimum absolute atomic E-state index is 0.0289. The number of aromatic amines is 2. The van der Waals surface area contributed by atoms with Crippen LogP contribution in [0.3, 0.4) is 0 Å². The third kappa shape index (κ3) is 13.8. The Morgan fingerprint density at radius 3 is 0.800 bits per heavy atom. The molecule has 5 heterocycles. The van der Waals surface area contributed by atoms with E-state index in [1.54, 1.807) is 121 Å². The maximum Gasteiger partial charge on any atom is 0.326 e. The van der Waals surface area contributed by atoms with E-state index in [1.807, 2.05) is 0 Å². The Hall–Kier alpha value is -13.6. The van der Waals surface area contributed by atoms with Gasteiger partial charge >= 0.3 is 23.9 Å². The number of carboxylic acids is 4. The summed E-state index contributed by atoms with van der Waals surface area (Å²) in [7, 11) is 0. The molecule has 0 radical (unpaired) electrons. The SMILES string of the molecule is O=C(NC(Cc1ccc(O)cc1)C(=O)O)c1ccc2c(c1)-c1cc3[nH]c(cc4nc(cc5[nH]c(cc-2n1)c1cc(C(=O)NC(Cc2ccc(O)cc2)C(=O)O)ccc51)-c1cc(C(=O)NC(Cc2ccc(O)cc2)C(=O)O)ccc1-4)c1cc(C(=O)NC(Cc2ccc(O)cc2)C(=O)O)ccc31. The molecule has 11 aromatic rings. The van der Waals surface area contributed by atoms with Crippen LogP contribution >= 0.6 is 0 Å². The number of aliphatic carboxylic acids is 4. The average molecular weight is 1340 g/mol. The van der Waals surface area contributed by atoms with Gasteiger partial charge in [0.1, 0.15) is 47.2 Å². The van der Waals surface area contributed by atoms with Gasteiger partial charge < -0.3 is 72.1 Å². The summed E-state index contributed by atoms with van der Waals surface area (Å²) in [5, 5.41) is 93.3. The smallest absolute Gasteiger partial charge is 0.326 e. The van der Waals surface area contributed by atoms with Gasteiger partial charge in [-0.3, -0.25) is 19.2 Å². The Morgan fingerprint density at radius 2 is 0.530 bits per heavy atom. The normalized spacial score (nSPS) is 12.6. The van der Waals surface area contributed by atoms with E-state index >= 15 is 0 Å². The number of amides is 4. The van der Waals surface area contributed by atoms with Crippen LogP contribution in [0.4, 0.5) is 0 Å². The molecule has 24 heteroatoms. The summed E-state index contributed by atoms with van der Waals surface area (Å²) in [5.41, 5.74) is 6.90. The molecule has 8 bridgehead atoms. The molecular formula is C76H58N8O16. The standard InChI is InChI=1S/C76H58N8O16/c85-45-13-1-37(2-14-45)25-65(73(93)94)81-69(89)41-9-21-49-53(29-41)61-33-58-50-22-10-42(70(90)82-66(74(95)96)26-38-3-15-46(86)16-4-38)30-54(50)63(78-58)35-60-52-24-12-44(72(92)84-68(76(99)100)28-40-7-19-48(88)20-8-40)32-56(52)64(80-60)36-59-51-23-11-43(31-55(51)62(79-59)34-57(49)77-61)71(91)83-67(75(97)98)27-39-5-17-47(87)18-6-39/h1-24,29-36,65-68,77,80,85-88H,25-28H2,(H,81,89)(H,82,90)(H,83,91)(H,84,92)(H,93,94)(H,95,96)(H,97,98)(H,99,100). The molecule has 13 rings (SSSR count). The van der Waals surface area contributed by atoms with Crippen LogP contribution in [0.25, 0.3) is 88.6 Å². The van der Waals surface area contributed by atoms with Crippen LogP contribution in [0.2, 0.25) is 0 Å². The molecule has 4 unspecified atom stereocenters. The molecular weight excluding hydrogens is 1280 g/mol. The zero-order chi connectivity index (χ0) is 70.2. The number of benzene rings is 8. The number of carbonyl (C=O) groups excluding carboxylic acids is 4. The summed E-state index contributed by atoms with van der Waals surface area (Å²) in [6, 6.07) is 43.7. The molecule has 498 valence electrons. The number of phenolic OH excluding ortho intramolecular Hbond substituents is 4. The highest BCUT2D eigenvalue weighted by Gasteiger charge is 2.29. The number of aromatic nitrogens is 4. The topological polar surface area (TPSA) is 404 Å². The molecule has 0 fully saturated rings. The van der Waals surface area contributed by atoms with Crippen LogP contribution in [0, 0.1) is 0 Å². The van der Waals surface area contributed by atoms with Crippen molar-refractivity contribution >= 4 is 91.1 Å². The van der Waals surface area contributed by atoms with Crippen molar-refractivity contribution in [2.45, 2.75) is 49.9 Å². The van der Waals surface area contributed by atoms with E-state index in [4.69, 9.17) is 9.97 Å². The number of H-pyrrole nitrogens is 2. The van der Waals surface area contributed by atoms with Gasteiger partial charge in [0.2, 0.25) is 0 Å². The molecule has 8 aromatic carbocycles. The van der Waals surface area contributed by atoms with Gasteiger partial charge in [-0.2, -0.15) is 0 Å². The molecule has 0 saturated carbocycles. The zero-order valence-electron chi connectivity index (χ0n) is 52.4. The number of hydrogen-bond donors (Lipinski definition) is 14. The second-order valence-electron chi connectivity index (χ2n) is 24.2. The number of nitrogens with zero attached hydrogens (tertiary/aromatic N) is 2. The third-order valence-corrected chi connectivity index (χ3v) is 17.5. The number of carbonyl (C=O) groups is 8. The maximum atomic E-state index is 14.3. The summed E-state index contributed by atoms with van der Waals surface area (Å²) in [4.78, 5) is 125. The first-order chi connectivity index (χ1) is 48.0. The lowest BCUT2D eigenvalue weighted by Crippen LogP contribution is -2.42. The van der Waals surface area contributed by atoms with Gasteiger partial charge in [-0.15, -0.1) is 0 Å². The first-order valence-electron chi connectivity index (χ1n) is 31.2. The highest BCUT2D eigenvalue weighted by Crippen LogP contribution is 2.42. The van der Waals surface area contributed by atoms with Gasteiger partial charge in [0, 0.05) is 114 Å². The fourth-order valence-electron chi connectivity index (χ4n) is 12.3. The molecule has 4 amide bonds. The number of carboxylic acid groups (broad SMARTS) is 4. The molecule has 100 heavy (non-hydrogen) atoms. The van der Waals surface area contributed by atoms with E-state index in [0.29, 0.717) is 99.5 Å². The Labute approximate surface area is 565 Å². The highest BCUT2D eigenvalue weighted by molar-refractivity contribution is 6.14. The number of phenols is 4. The first-order valence-corrected chi connectivity index (χ1v) is 31.2. The first kappa shape index (κ1) is 65.0. The van der Waals surface area contributed by atoms with E-state index < -0.39 is 71.7 Å². The quantitative estimate of drug-likeness (QED) is 0.0337. The van der Waals surface area contributed by atoms with Crippen LogP contribution in [-0.4, -0.2) is 132 Å². The molecule has 3 aromatic heterocycles. The van der Waals surface area contributed by atoms with Crippen molar-refractivity contribution in [3.63, 3.8) is 0 Å². The highest BCUT2D eigenvalue weighted by atomic mass is 16.4. The van der Waals surface area contributed by atoms with E-state index in [9.17, 15) is 79.2 Å². The molecule has 4 atom stereocenters. The van der Waals surface area contributed by atoms with Crippen molar-refractivity contribution in [1.29, 1.82) is 0 Å². The van der Waals surface area contributed by atoms with Crippen LogP contribution < -0.4 is 21.3 Å². The van der Waals surface area contributed by atoms with Gasteiger partial charge in [-0.1, -0.05) is 72.8 Å². The van der Waals surface area contributed by atoms with Crippen molar-refractivity contribution < 1.29 is 79.2 Å². The maximum absolute atomic E-state index is 14.3. The second kappa shape index (κ2) is 26.9. The fraction of sp³-hybridized carbons (Fsp3) is 0.105. The Morgan fingerprint density at radius 1 is 0.290 bits per heavy atom. The summed E-state index contributed by atoms with van der Waals surface area (Å²) in [6.07, 6.45) is -0.485. The summed E-state index contributed by atoms with van der Waals surface area (Å²) in [5.74, 6) is -8.33. The summed E-state index contributed by atoms with van der Waals surface area (Å²) >= 11 is 0. The number of rotatable bonds is 20. The van der Waals surface area contributed by atoms with E-state index in [1.165, 1.54) is 72.8 Å². The van der Waals surface area contributed by atoms with Crippen LogP contribution in [0.5, 0.6) is 23.0 Å². The van der Waals surface area contributed by atoms with Crippen molar-refractivity contribution in [3.8, 4) is 68.0 Å². The monoisotopic (exact) mass is 1340 g/mol. The number of hydrogen-bond acceptors (Lipinski definition) is 14. The minimum Gasteiger partial charge on any atom is -0.508 e. The van der Waals surface area contributed by atoms with Gasteiger partial charge in [-0.25, -0.2) is 29.1 Å². The molecule has 2 aliphatic rings. The van der Waals surface area contributed by atoms with E-state index in [-0.39, 0.29) is 82.3 Å².